The molecule has 2 aromatic rings. The van der Waals surface area contributed by atoms with Gasteiger partial charge in [-0.25, -0.2) is 4.79 Å². The quantitative estimate of drug-likeness (QED) is 0.0928. The number of halogens is 3. The van der Waals surface area contributed by atoms with Crippen molar-refractivity contribution >= 4 is 46.3 Å². The van der Waals surface area contributed by atoms with Crippen molar-refractivity contribution < 1.29 is 46.6 Å². The summed E-state index contributed by atoms with van der Waals surface area (Å²) in [6, 6.07) is 8.56. The second-order valence-corrected chi connectivity index (χ2v) is 8.82. The lowest BCUT2D eigenvalue weighted by atomic mass is 9.91. The molecular weight excluding hydrogens is 515 g/mol. The van der Waals surface area contributed by atoms with Crippen molar-refractivity contribution in [2.24, 2.45) is 5.92 Å². The van der Waals surface area contributed by atoms with Crippen molar-refractivity contribution in [2.45, 2.75) is 32.4 Å². The van der Waals surface area contributed by atoms with Crippen LogP contribution in [-0.4, -0.2) is 48.6 Å². The Morgan fingerprint density at radius 1 is 1.08 bits per heavy atom. The van der Waals surface area contributed by atoms with Gasteiger partial charge in [0.05, 0.1) is 23.9 Å². The first-order valence-electron chi connectivity index (χ1n) is 11.0. The van der Waals surface area contributed by atoms with E-state index < -0.39 is 54.3 Å². The van der Waals surface area contributed by atoms with Gasteiger partial charge in [-0.05, 0) is 49.1 Å². The van der Waals surface area contributed by atoms with Crippen molar-refractivity contribution in [2.75, 3.05) is 18.5 Å². The average Bonchev–Trinajstić information content (AvgIpc) is 3.38. The normalized spacial score (nSPS) is 11.8. The summed E-state index contributed by atoms with van der Waals surface area (Å²) in [7, 11) is 0. The Hall–Kier alpha value is -3.80. The highest BCUT2D eigenvalue weighted by molar-refractivity contribution is 7.12. The molecule has 1 aromatic carbocycles. The number of carbonyl (C=O) groups excluding carboxylic acids is 5. The second kappa shape index (κ2) is 13.5. The van der Waals surface area contributed by atoms with E-state index >= 15 is 0 Å². The van der Waals surface area contributed by atoms with E-state index in [1.807, 2.05) is 0 Å². The zero-order valence-corrected chi connectivity index (χ0v) is 20.6. The molecule has 1 N–H and O–H groups in total. The van der Waals surface area contributed by atoms with Crippen molar-refractivity contribution in [3.8, 4) is 5.75 Å². The maximum atomic E-state index is 13.0. The van der Waals surface area contributed by atoms with Gasteiger partial charge in [-0.1, -0.05) is 12.6 Å². The minimum Gasteiger partial charge on any atom is -0.462 e. The Morgan fingerprint density at radius 2 is 1.76 bits per heavy atom. The zero-order chi connectivity index (χ0) is 27.6. The van der Waals surface area contributed by atoms with Crippen LogP contribution >= 0.6 is 11.3 Å². The summed E-state index contributed by atoms with van der Waals surface area (Å²) in [6.07, 6.45) is -5.90. The van der Waals surface area contributed by atoms with Crippen LogP contribution in [0.2, 0.25) is 0 Å². The largest absolute Gasteiger partial charge is 0.462 e. The van der Waals surface area contributed by atoms with E-state index in [0.29, 0.717) is 5.69 Å². The molecule has 12 heteroatoms. The van der Waals surface area contributed by atoms with E-state index in [4.69, 9.17) is 9.47 Å². The monoisotopic (exact) mass is 539 g/mol. The molecule has 0 aliphatic carbocycles. The minimum absolute atomic E-state index is 0.0000213. The molecule has 0 fully saturated rings. The van der Waals surface area contributed by atoms with Crippen LogP contribution in [-0.2, 0) is 23.9 Å². The number of benzene rings is 1. The van der Waals surface area contributed by atoms with Gasteiger partial charge in [0.25, 0.3) is 0 Å². The number of anilines is 1. The van der Waals surface area contributed by atoms with Gasteiger partial charge in [-0.15, -0.1) is 11.3 Å². The molecular formula is C25H24F3NO7S. The summed E-state index contributed by atoms with van der Waals surface area (Å²) >= 11 is 0.883. The smallest absolute Gasteiger partial charge is 0.450 e. The van der Waals surface area contributed by atoms with E-state index in [-0.39, 0.29) is 35.6 Å². The van der Waals surface area contributed by atoms with Crippen molar-refractivity contribution in [3.63, 3.8) is 0 Å². The van der Waals surface area contributed by atoms with Crippen LogP contribution in [0, 0.1) is 5.92 Å². The van der Waals surface area contributed by atoms with E-state index in [9.17, 15) is 37.1 Å². The Labute approximate surface area is 214 Å². The van der Waals surface area contributed by atoms with Gasteiger partial charge in [-0.3, -0.25) is 19.2 Å². The number of esters is 2. The highest BCUT2D eigenvalue weighted by atomic mass is 32.1. The predicted molar refractivity (Wildman–Crippen MR) is 128 cm³/mol. The highest BCUT2D eigenvalue weighted by Gasteiger charge is 2.47. The number of carbonyl (C=O) groups is 5. The first-order chi connectivity index (χ1) is 17.4. The number of ether oxygens (including phenoxy) is 2. The van der Waals surface area contributed by atoms with Gasteiger partial charge in [0.2, 0.25) is 5.78 Å². The van der Waals surface area contributed by atoms with Gasteiger partial charge in [0.15, 0.2) is 11.6 Å². The predicted octanol–water partition coefficient (Wildman–Crippen LogP) is 4.55. The molecule has 0 radical (unpaired) electrons. The Bertz CT molecular complexity index is 1140. The zero-order valence-electron chi connectivity index (χ0n) is 19.8. The van der Waals surface area contributed by atoms with Crippen LogP contribution in [0.1, 0.15) is 35.9 Å². The number of thiophene rings is 1. The van der Waals surface area contributed by atoms with E-state index in [1.54, 1.807) is 0 Å². The number of ketones is 3. The molecule has 1 atom stereocenters. The third kappa shape index (κ3) is 9.64. The number of rotatable bonds is 14. The third-order valence-electron chi connectivity index (χ3n) is 4.79. The van der Waals surface area contributed by atoms with E-state index in [2.05, 4.69) is 11.9 Å². The standard InChI is InChI=1S/C25H24F3NO7S/c1-15(2)24(34)35-11-3-6-21(31)36-18-9-7-16(8-10-18)29-14-17(30)13-19(23(33)25(26,27)28)22(32)20-5-4-12-37-20/h4-5,7-10,12,19,29H,1,3,6,11,13-14H2,2H3. The molecule has 0 saturated carbocycles. The Kier molecular flexibility index (Phi) is 10.7. The van der Waals surface area contributed by atoms with Crippen LogP contribution in [0.3, 0.4) is 0 Å². The van der Waals surface area contributed by atoms with Crippen molar-refractivity contribution in [1.29, 1.82) is 0 Å². The summed E-state index contributed by atoms with van der Waals surface area (Å²) in [5.74, 6) is -7.14. The van der Waals surface area contributed by atoms with Gasteiger partial charge in [0, 0.05) is 24.1 Å². The molecule has 198 valence electrons. The summed E-state index contributed by atoms with van der Waals surface area (Å²) in [6.45, 7) is 4.55. The molecule has 1 aromatic heterocycles. The number of hydrogen-bond acceptors (Lipinski definition) is 9. The summed E-state index contributed by atoms with van der Waals surface area (Å²) in [4.78, 5) is 59.6. The molecule has 0 aliphatic heterocycles. The van der Waals surface area contributed by atoms with Gasteiger partial charge < -0.3 is 14.8 Å². The minimum atomic E-state index is -5.26. The summed E-state index contributed by atoms with van der Waals surface area (Å²) in [5.41, 5.74) is 0.641. The lowest BCUT2D eigenvalue weighted by Crippen LogP contribution is -2.37. The van der Waals surface area contributed by atoms with Crippen LogP contribution in [0.15, 0.2) is 53.9 Å². The molecule has 1 unspecified atom stereocenters. The molecule has 0 bridgehead atoms. The van der Waals surface area contributed by atoms with Crippen LogP contribution in [0.5, 0.6) is 5.75 Å². The first-order valence-corrected chi connectivity index (χ1v) is 11.8. The molecule has 8 nitrogen and oxygen atoms in total. The van der Waals surface area contributed by atoms with E-state index in [0.717, 1.165) is 11.3 Å². The van der Waals surface area contributed by atoms with Gasteiger partial charge in [0.1, 0.15) is 5.75 Å². The van der Waals surface area contributed by atoms with Gasteiger partial charge in [-0.2, -0.15) is 13.2 Å². The number of alkyl halides is 3. The molecule has 0 aliphatic rings. The Balaban J connectivity index is 1.85. The maximum Gasteiger partial charge on any atom is 0.450 e. The number of Topliss-reactive ketones (excluding diaryl/α,β-unsaturated/α-hetero) is 3. The second-order valence-electron chi connectivity index (χ2n) is 7.87. The van der Waals surface area contributed by atoms with Gasteiger partial charge >= 0.3 is 18.1 Å². The fourth-order valence-corrected chi connectivity index (χ4v) is 3.64. The van der Waals surface area contributed by atoms with Crippen molar-refractivity contribution in [3.05, 3.63) is 58.8 Å². The molecule has 1 heterocycles. The maximum absolute atomic E-state index is 13.0. The SMILES string of the molecule is C=C(C)C(=O)OCCCC(=O)Oc1ccc(NCC(=O)CC(C(=O)c2cccs2)C(=O)C(F)(F)F)cc1. The van der Waals surface area contributed by atoms with Crippen molar-refractivity contribution in [1.82, 2.24) is 0 Å². The fraction of sp³-hybridized carbons (Fsp3) is 0.320. The number of nitrogens with one attached hydrogen (secondary N) is 1. The Morgan fingerprint density at radius 3 is 2.32 bits per heavy atom. The lowest BCUT2D eigenvalue weighted by Gasteiger charge is -2.15. The highest BCUT2D eigenvalue weighted by Crippen LogP contribution is 2.27. The lowest BCUT2D eigenvalue weighted by molar-refractivity contribution is -0.174. The number of hydrogen-bond donors (Lipinski definition) is 1. The van der Waals surface area contributed by atoms with E-state index in [1.165, 1.54) is 48.7 Å². The molecule has 0 saturated heterocycles. The topological polar surface area (TPSA) is 116 Å². The summed E-state index contributed by atoms with van der Waals surface area (Å²) < 4.78 is 49.0. The van der Waals surface area contributed by atoms with Crippen LogP contribution in [0.25, 0.3) is 0 Å². The van der Waals surface area contributed by atoms with Crippen LogP contribution in [0.4, 0.5) is 18.9 Å². The summed E-state index contributed by atoms with van der Waals surface area (Å²) in [5, 5.41) is 4.18. The molecule has 0 amide bonds. The first kappa shape index (κ1) is 29.4. The molecule has 37 heavy (non-hydrogen) atoms. The molecule has 2 rings (SSSR count). The average molecular weight is 540 g/mol. The fourth-order valence-electron chi connectivity index (χ4n) is 2.92. The third-order valence-corrected chi connectivity index (χ3v) is 5.68. The van der Waals surface area contributed by atoms with Crippen LogP contribution < -0.4 is 10.1 Å². The molecule has 0 spiro atoms.